The number of benzene rings is 2. The van der Waals surface area contributed by atoms with E-state index in [0.29, 0.717) is 61.6 Å². The highest BCUT2D eigenvalue weighted by Crippen LogP contribution is 2.67. The van der Waals surface area contributed by atoms with E-state index in [1.807, 2.05) is 0 Å². The van der Waals surface area contributed by atoms with Crippen molar-refractivity contribution in [3.63, 3.8) is 0 Å². The number of amides is 1. The fourth-order valence-corrected chi connectivity index (χ4v) is 14.7. The van der Waals surface area contributed by atoms with E-state index in [2.05, 4.69) is 61.6 Å². The number of anilines is 1. The maximum atomic E-state index is 14.6. The summed E-state index contributed by atoms with van der Waals surface area (Å²) in [5.41, 5.74) is 2.07. The van der Waals surface area contributed by atoms with Gasteiger partial charge in [0.1, 0.15) is 0 Å². The van der Waals surface area contributed by atoms with Gasteiger partial charge in [-0.1, -0.05) is 84.1 Å². The van der Waals surface area contributed by atoms with Crippen LogP contribution >= 0.6 is 0 Å². The number of unbranched alkanes of at least 4 members (excludes halogenated alkanes) is 2. The maximum Gasteiger partial charge on any atom is 0.300 e. The van der Waals surface area contributed by atoms with Gasteiger partial charge in [0.05, 0.1) is 15.5 Å². The predicted molar refractivity (Wildman–Crippen MR) is 247 cm³/mol. The van der Waals surface area contributed by atoms with Crippen molar-refractivity contribution in [3.05, 3.63) is 68.3 Å². The Labute approximate surface area is 378 Å². The zero-order valence-corrected chi connectivity index (χ0v) is 39.2. The van der Waals surface area contributed by atoms with E-state index < -0.39 is 25.6 Å². The van der Waals surface area contributed by atoms with Gasteiger partial charge in [0, 0.05) is 44.2 Å². The summed E-state index contributed by atoms with van der Waals surface area (Å²) in [4.78, 5) is 34.8. The number of fused-ring (bicyclic) bond motifs is 6. The van der Waals surface area contributed by atoms with Crippen LogP contribution in [0, 0.1) is 66.6 Å². The minimum atomic E-state index is -4.26. The Balaban J connectivity index is 0.953. The number of carbonyl (C=O) groups is 1. The number of carbonyl (C=O) groups excluding carboxylic acids is 1. The number of sulfonamides is 1. The number of aromatic nitrogens is 2. The summed E-state index contributed by atoms with van der Waals surface area (Å²) in [6.45, 7) is 13.2. The summed E-state index contributed by atoms with van der Waals surface area (Å²) in [5, 5.41) is 37.0. The average molecular weight is 904 g/mol. The first kappa shape index (κ1) is 47.5. The van der Waals surface area contributed by atoms with Gasteiger partial charge in [0.15, 0.2) is 10.4 Å². The third-order valence-electron chi connectivity index (χ3n) is 16.2. The molecule has 64 heavy (non-hydrogen) atoms. The van der Waals surface area contributed by atoms with Gasteiger partial charge < -0.3 is 10.6 Å². The zero-order chi connectivity index (χ0) is 45.8. The Hall–Kier alpha value is -4.44. The average Bonchev–Trinajstić information content (AvgIpc) is 3.90. The van der Waals surface area contributed by atoms with Crippen molar-refractivity contribution < 1.29 is 27.7 Å². The SMILES string of the molecule is CC(C)CCC[C@@H](C)[C@H]1CC[C@H]2[C@@H]3CC=C4C[C@@H](N(CCCNC(=O)CCCCCNc5ccc([N+](=O)[O-])c6nonc56)S(=O)(=O)c5ccccc5[N+](=O)[O-])CC[C@]4(C)[C@H]3CC[C@]12C. The first-order valence-electron chi connectivity index (χ1n) is 23.9. The van der Waals surface area contributed by atoms with E-state index in [9.17, 15) is 33.4 Å². The summed E-state index contributed by atoms with van der Waals surface area (Å²) in [7, 11) is -4.26. The van der Waals surface area contributed by atoms with Crippen LogP contribution in [-0.2, 0) is 14.8 Å². The second-order valence-electron chi connectivity index (χ2n) is 20.3. The van der Waals surface area contributed by atoms with Crippen LogP contribution < -0.4 is 10.6 Å². The van der Waals surface area contributed by atoms with Crippen molar-refractivity contribution >= 4 is 44.0 Å². The number of rotatable bonds is 21. The molecule has 0 spiro atoms. The normalized spacial score (nSPS) is 27.1. The number of hydrogen-bond donors (Lipinski definition) is 2. The third-order valence-corrected chi connectivity index (χ3v) is 18.2. The summed E-state index contributed by atoms with van der Waals surface area (Å²) in [6, 6.07) is 8.21. The fourth-order valence-electron chi connectivity index (χ4n) is 12.9. The predicted octanol–water partition coefficient (Wildman–Crippen LogP) is 10.6. The monoisotopic (exact) mass is 903 g/mol. The molecule has 8 atom stereocenters. The minimum absolute atomic E-state index is 0.00560. The van der Waals surface area contributed by atoms with Crippen LogP contribution in [0.2, 0.25) is 0 Å². The fraction of sp³-hybridized carbons (Fsp3) is 0.688. The lowest BCUT2D eigenvalue weighted by Crippen LogP contribution is -2.53. The van der Waals surface area contributed by atoms with Gasteiger partial charge in [-0.2, -0.15) is 4.31 Å². The molecule has 4 aliphatic rings. The molecule has 0 aliphatic heterocycles. The minimum Gasteiger partial charge on any atom is -0.383 e. The van der Waals surface area contributed by atoms with Gasteiger partial charge in [0.2, 0.25) is 21.4 Å². The standard InChI is InChI=1S/C48H69N7O8S/c1-32(2)13-11-14-33(3)37-20-21-38-36-19-18-34-31-35(24-26-47(34,4)39(36)25-27-48(37,38)5)53(64(61,62)43-16-9-8-15-41(43)54(57)58)30-12-29-50-44(56)17-7-6-10-28-49-40-22-23-42(55(59)60)46-45(40)51-63-52-46/h8-9,15-16,18,22-23,32-33,35-39,49H,6-7,10-14,17,19-21,24-31H2,1-5H3,(H,50,56)/t33-,35+,36+,37-,38+,39+,47+,48-/m1/s1. The molecule has 2 N–H and O–H groups in total. The molecular formula is C48H69N7O8S. The second kappa shape index (κ2) is 20.0. The van der Waals surface area contributed by atoms with E-state index in [1.165, 1.54) is 85.2 Å². The Bertz CT molecular complexity index is 2300. The Morgan fingerprint density at radius 3 is 2.41 bits per heavy atom. The largest absolute Gasteiger partial charge is 0.383 e. The van der Waals surface area contributed by atoms with Crippen LogP contribution in [0.4, 0.5) is 17.1 Å². The molecule has 1 amide bonds. The smallest absolute Gasteiger partial charge is 0.300 e. The lowest BCUT2D eigenvalue weighted by molar-refractivity contribution is -0.387. The molecule has 1 aromatic heterocycles. The van der Waals surface area contributed by atoms with E-state index in [-0.39, 0.29) is 52.1 Å². The summed E-state index contributed by atoms with van der Waals surface area (Å²) in [6.07, 6.45) is 17.6. The lowest BCUT2D eigenvalue weighted by Gasteiger charge is -2.59. The molecule has 3 saturated carbocycles. The molecule has 16 heteroatoms. The van der Waals surface area contributed by atoms with Crippen LogP contribution in [0.1, 0.15) is 137 Å². The van der Waals surface area contributed by atoms with Crippen molar-refractivity contribution in [2.24, 2.45) is 46.3 Å². The number of nitrogens with one attached hydrogen (secondary N) is 2. The van der Waals surface area contributed by atoms with Crippen LogP contribution in [0.25, 0.3) is 11.0 Å². The highest BCUT2D eigenvalue weighted by Gasteiger charge is 2.59. The first-order valence-corrected chi connectivity index (χ1v) is 25.3. The van der Waals surface area contributed by atoms with Crippen molar-refractivity contribution in [2.45, 2.75) is 148 Å². The first-order chi connectivity index (χ1) is 30.6. The van der Waals surface area contributed by atoms with Gasteiger partial charge in [-0.05, 0) is 139 Å². The Morgan fingerprint density at radius 1 is 0.875 bits per heavy atom. The number of nitrogens with zero attached hydrogens (tertiary/aromatic N) is 5. The molecule has 4 aliphatic carbocycles. The summed E-state index contributed by atoms with van der Waals surface area (Å²) in [5.74, 6) is 4.10. The molecule has 2 aromatic carbocycles. The quantitative estimate of drug-likeness (QED) is 0.0445. The van der Waals surface area contributed by atoms with E-state index in [0.717, 1.165) is 49.4 Å². The van der Waals surface area contributed by atoms with Crippen molar-refractivity contribution in [1.29, 1.82) is 0 Å². The molecule has 350 valence electrons. The lowest BCUT2D eigenvalue weighted by atomic mass is 9.47. The highest BCUT2D eigenvalue weighted by atomic mass is 32.2. The number of hydrogen-bond acceptors (Lipinski definition) is 11. The van der Waals surface area contributed by atoms with E-state index >= 15 is 0 Å². The molecular weight excluding hydrogens is 835 g/mol. The van der Waals surface area contributed by atoms with Crippen molar-refractivity contribution in [3.8, 4) is 0 Å². The molecule has 1 heterocycles. The van der Waals surface area contributed by atoms with Crippen LogP contribution in [0.15, 0.2) is 57.6 Å². The van der Waals surface area contributed by atoms with Gasteiger partial charge in [-0.25, -0.2) is 13.0 Å². The van der Waals surface area contributed by atoms with Gasteiger partial charge in [0.25, 0.3) is 5.69 Å². The van der Waals surface area contributed by atoms with Gasteiger partial charge in [-0.15, -0.1) is 0 Å². The molecule has 0 saturated heterocycles. The highest BCUT2D eigenvalue weighted by molar-refractivity contribution is 7.89. The van der Waals surface area contributed by atoms with E-state index in [4.69, 9.17) is 4.63 Å². The number of para-hydroxylation sites is 1. The summed E-state index contributed by atoms with van der Waals surface area (Å²) < 4.78 is 35.4. The van der Waals surface area contributed by atoms with Crippen LogP contribution in [0.3, 0.4) is 0 Å². The molecule has 3 fully saturated rings. The number of nitro benzene ring substituents is 2. The molecule has 7 rings (SSSR count). The number of non-ortho nitro benzene ring substituents is 1. The van der Waals surface area contributed by atoms with Crippen molar-refractivity contribution in [2.75, 3.05) is 25.0 Å². The van der Waals surface area contributed by atoms with Crippen LogP contribution in [-0.4, -0.2) is 64.5 Å². The molecule has 0 bridgehead atoms. The maximum absolute atomic E-state index is 14.6. The molecule has 3 aromatic rings. The Morgan fingerprint density at radius 2 is 1.64 bits per heavy atom. The van der Waals surface area contributed by atoms with Gasteiger partial charge >= 0.3 is 5.69 Å². The van der Waals surface area contributed by atoms with Crippen molar-refractivity contribution in [1.82, 2.24) is 19.9 Å². The summed E-state index contributed by atoms with van der Waals surface area (Å²) >= 11 is 0. The number of allylic oxidation sites excluding steroid dienone is 1. The molecule has 0 radical (unpaired) electrons. The third kappa shape index (κ3) is 9.73. The molecule has 15 nitrogen and oxygen atoms in total. The van der Waals surface area contributed by atoms with E-state index in [1.54, 1.807) is 6.07 Å². The number of nitro groups is 2. The Kier molecular flexibility index (Phi) is 14.8. The second-order valence-corrected chi connectivity index (χ2v) is 22.2. The van der Waals surface area contributed by atoms with Crippen LogP contribution in [0.5, 0.6) is 0 Å². The zero-order valence-electron chi connectivity index (χ0n) is 38.4. The molecule has 0 unspecified atom stereocenters. The topological polar surface area (TPSA) is 204 Å². The van der Waals surface area contributed by atoms with Gasteiger partial charge in [-0.3, -0.25) is 25.0 Å².